The molecule has 1 aliphatic carbocycles. The van der Waals surface area contributed by atoms with E-state index in [9.17, 15) is 28.3 Å². The van der Waals surface area contributed by atoms with Gasteiger partial charge in [-0.3, -0.25) is 14.5 Å². The summed E-state index contributed by atoms with van der Waals surface area (Å²) in [5, 5.41) is 13.0. The highest BCUT2D eigenvalue weighted by molar-refractivity contribution is 5.95. The first-order valence-corrected chi connectivity index (χ1v) is 11.1. The number of benzene rings is 1. The Kier molecular flexibility index (Phi) is 6.20. The summed E-state index contributed by atoms with van der Waals surface area (Å²) in [6.45, 7) is 1.39. The molecule has 2 N–H and O–H groups in total. The zero-order valence-corrected chi connectivity index (χ0v) is 18.1. The van der Waals surface area contributed by atoms with Crippen molar-refractivity contribution in [1.82, 2.24) is 15.1 Å². The highest BCUT2D eigenvalue weighted by atomic mass is 19.1. The summed E-state index contributed by atoms with van der Waals surface area (Å²) in [6.07, 6.45) is -0.659. The SMILES string of the molecule is CN(C(=O)O)[C@]1(C(=O)C2CCN(C(=O)C3CC(F)C3)CC2)CNC[C@H]1c1ccc(F)cc1. The van der Waals surface area contributed by atoms with E-state index in [0.717, 1.165) is 4.90 Å². The second-order valence-corrected chi connectivity index (χ2v) is 9.23. The van der Waals surface area contributed by atoms with Crippen molar-refractivity contribution in [2.24, 2.45) is 11.8 Å². The Morgan fingerprint density at radius 3 is 2.31 bits per heavy atom. The number of alkyl halides is 1. The quantitative estimate of drug-likeness (QED) is 0.721. The Balaban J connectivity index is 1.53. The van der Waals surface area contributed by atoms with Crippen LogP contribution in [0, 0.1) is 17.7 Å². The Labute approximate surface area is 185 Å². The fourth-order valence-corrected chi connectivity index (χ4v) is 5.46. The van der Waals surface area contributed by atoms with Gasteiger partial charge in [-0.2, -0.15) is 0 Å². The number of piperidine rings is 1. The van der Waals surface area contributed by atoms with Gasteiger partial charge in [0.2, 0.25) is 5.91 Å². The second kappa shape index (κ2) is 8.77. The van der Waals surface area contributed by atoms with E-state index < -0.39 is 29.5 Å². The molecular formula is C23H29F2N3O4. The largest absolute Gasteiger partial charge is 0.465 e. The Morgan fingerprint density at radius 1 is 1.12 bits per heavy atom. The Morgan fingerprint density at radius 2 is 1.75 bits per heavy atom. The molecule has 2 amide bonds. The van der Waals surface area contributed by atoms with Gasteiger partial charge in [0.25, 0.3) is 0 Å². The number of likely N-dealkylation sites (N-methyl/N-ethyl adjacent to an activating group) is 1. The number of carbonyl (C=O) groups excluding carboxylic acids is 2. The van der Waals surface area contributed by atoms with Gasteiger partial charge < -0.3 is 15.3 Å². The first-order valence-electron chi connectivity index (χ1n) is 11.1. The second-order valence-electron chi connectivity index (χ2n) is 9.23. The van der Waals surface area contributed by atoms with Crippen LogP contribution >= 0.6 is 0 Å². The number of rotatable bonds is 5. The minimum Gasteiger partial charge on any atom is -0.465 e. The standard InChI is InChI=1S/C23H29F2N3O4/c1-27(22(31)32)23(13-26-12-19(23)14-2-4-17(24)5-3-14)20(29)15-6-8-28(9-7-15)21(30)16-10-18(25)11-16/h2-5,15-16,18-19,26H,6-13H2,1H3,(H,31,32)/t16?,18?,19-,23+/m0/s1. The molecule has 0 radical (unpaired) electrons. The van der Waals surface area contributed by atoms with Gasteiger partial charge >= 0.3 is 6.09 Å². The van der Waals surface area contributed by atoms with Crippen molar-refractivity contribution in [3.05, 3.63) is 35.6 Å². The number of hydrogen-bond acceptors (Lipinski definition) is 4. The first kappa shape index (κ1) is 22.6. The number of carbonyl (C=O) groups is 3. The molecule has 32 heavy (non-hydrogen) atoms. The van der Waals surface area contributed by atoms with Crippen molar-refractivity contribution in [3.8, 4) is 0 Å². The lowest BCUT2D eigenvalue weighted by Crippen LogP contribution is -2.62. The van der Waals surface area contributed by atoms with Crippen LogP contribution in [0.2, 0.25) is 0 Å². The Bertz CT molecular complexity index is 882. The van der Waals surface area contributed by atoms with Gasteiger partial charge in [0.15, 0.2) is 5.78 Å². The minimum atomic E-state index is -1.31. The number of Topliss-reactive ketones (excluding diaryl/α,β-unsaturated/α-hetero) is 1. The molecule has 1 aromatic rings. The van der Waals surface area contributed by atoms with Gasteiger partial charge in [-0.05, 0) is 43.4 Å². The number of halogens is 2. The predicted octanol–water partition coefficient (Wildman–Crippen LogP) is 2.42. The molecule has 0 spiro atoms. The molecule has 3 fully saturated rings. The first-order chi connectivity index (χ1) is 15.2. The van der Waals surface area contributed by atoms with Crippen molar-refractivity contribution in [2.75, 3.05) is 33.2 Å². The molecule has 9 heteroatoms. The maximum atomic E-state index is 13.9. The third-order valence-electron chi connectivity index (χ3n) is 7.51. The molecule has 2 atom stereocenters. The summed E-state index contributed by atoms with van der Waals surface area (Å²) >= 11 is 0. The molecular weight excluding hydrogens is 420 g/mol. The zero-order chi connectivity index (χ0) is 23.0. The van der Waals surface area contributed by atoms with Crippen LogP contribution in [-0.2, 0) is 9.59 Å². The average molecular weight is 449 g/mol. The molecule has 2 aliphatic heterocycles. The van der Waals surface area contributed by atoms with Gasteiger partial charge in [0, 0.05) is 51.0 Å². The van der Waals surface area contributed by atoms with Crippen LogP contribution in [-0.4, -0.2) is 77.6 Å². The highest BCUT2D eigenvalue weighted by Gasteiger charge is 2.56. The molecule has 0 aromatic heterocycles. The normalized spacial score (nSPS) is 30.6. The molecule has 0 bridgehead atoms. The average Bonchev–Trinajstić information content (AvgIpc) is 3.22. The lowest BCUT2D eigenvalue weighted by Gasteiger charge is -2.44. The van der Waals surface area contributed by atoms with E-state index in [1.165, 1.54) is 19.2 Å². The number of nitrogens with zero attached hydrogens (tertiary/aromatic N) is 2. The van der Waals surface area contributed by atoms with Crippen molar-refractivity contribution in [1.29, 1.82) is 0 Å². The highest BCUT2D eigenvalue weighted by Crippen LogP contribution is 2.41. The number of nitrogens with one attached hydrogen (secondary N) is 1. The minimum absolute atomic E-state index is 0.0473. The third kappa shape index (κ3) is 3.87. The molecule has 2 saturated heterocycles. The summed E-state index contributed by atoms with van der Waals surface area (Å²) in [6, 6.07) is 5.83. The van der Waals surface area contributed by atoms with Gasteiger partial charge in [-0.25, -0.2) is 13.6 Å². The van der Waals surface area contributed by atoms with Gasteiger partial charge in [0.05, 0.1) is 0 Å². The molecule has 2 heterocycles. The molecule has 174 valence electrons. The van der Waals surface area contributed by atoms with Crippen LogP contribution in [0.1, 0.15) is 37.2 Å². The van der Waals surface area contributed by atoms with E-state index in [2.05, 4.69) is 5.32 Å². The van der Waals surface area contributed by atoms with E-state index in [1.54, 1.807) is 17.0 Å². The summed E-state index contributed by atoms with van der Waals surface area (Å²) in [4.78, 5) is 41.2. The van der Waals surface area contributed by atoms with E-state index in [0.29, 0.717) is 38.0 Å². The molecule has 4 rings (SSSR count). The smallest absolute Gasteiger partial charge is 0.407 e. The van der Waals surface area contributed by atoms with Crippen molar-refractivity contribution in [3.63, 3.8) is 0 Å². The number of amides is 2. The topological polar surface area (TPSA) is 90.0 Å². The number of ketones is 1. The summed E-state index contributed by atoms with van der Waals surface area (Å²) in [5.41, 5.74) is -0.605. The number of hydrogen-bond donors (Lipinski definition) is 2. The van der Waals surface area contributed by atoms with Crippen molar-refractivity contribution >= 4 is 17.8 Å². The third-order valence-corrected chi connectivity index (χ3v) is 7.51. The van der Waals surface area contributed by atoms with E-state index in [4.69, 9.17) is 0 Å². The van der Waals surface area contributed by atoms with Crippen LogP contribution in [0.5, 0.6) is 0 Å². The van der Waals surface area contributed by atoms with Gasteiger partial charge in [-0.1, -0.05) is 12.1 Å². The Hall–Kier alpha value is -2.55. The number of carboxylic acid groups (broad SMARTS) is 1. The van der Waals surface area contributed by atoms with Crippen molar-refractivity contribution in [2.45, 2.75) is 43.3 Å². The van der Waals surface area contributed by atoms with E-state index in [-0.39, 0.29) is 42.9 Å². The summed E-state index contributed by atoms with van der Waals surface area (Å²) < 4.78 is 26.6. The summed E-state index contributed by atoms with van der Waals surface area (Å²) in [7, 11) is 1.41. The number of likely N-dealkylation sites (tertiary alicyclic amines) is 1. The van der Waals surface area contributed by atoms with E-state index in [1.807, 2.05) is 0 Å². The molecule has 1 aromatic carbocycles. The van der Waals surface area contributed by atoms with E-state index >= 15 is 0 Å². The maximum Gasteiger partial charge on any atom is 0.407 e. The zero-order valence-electron chi connectivity index (χ0n) is 18.1. The van der Waals surface area contributed by atoms with Crippen LogP contribution < -0.4 is 5.32 Å². The molecule has 1 saturated carbocycles. The van der Waals surface area contributed by atoms with Crippen LogP contribution in [0.3, 0.4) is 0 Å². The lowest BCUT2D eigenvalue weighted by molar-refractivity contribution is -0.144. The molecule has 3 aliphatic rings. The summed E-state index contributed by atoms with van der Waals surface area (Å²) in [5.74, 6) is -1.71. The monoisotopic (exact) mass is 449 g/mol. The predicted molar refractivity (Wildman–Crippen MR) is 112 cm³/mol. The molecule has 7 nitrogen and oxygen atoms in total. The van der Waals surface area contributed by atoms with Crippen LogP contribution in [0.25, 0.3) is 0 Å². The maximum absolute atomic E-state index is 13.9. The van der Waals surface area contributed by atoms with Crippen LogP contribution in [0.4, 0.5) is 13.6 Å². The molecule has 0 unspecified atom stereocenters. The van der Waals surface area contributed by atoms with Gasteiger partial charge in [-0.15, -0.1) is 0 Å². The fourth-order valence-electron chi connectivity index (χ4n) is 5.46. The van der Waals surface area contributed by atoms with Crippen molar-refractivity contribution < 1.29 is 28.3 Å². The van der Waals surface area contributed by atoms with Gasteiger partial charge in [0.1, 0.15) is 17.5 Å². The fraction of sp³-hybridized carbons (Fsp3) is 0.609. The van der Waals surface area contributed by atoms with Crippen LogP contribution in [0.15, 0.2) is 24.3 Å². The lowest BCUT2D eigenvalue weighted by atomic mass is 9.72.